The van der Waals surface area contributed by atoms with Crippen LogP contribution in [-0.2, 0) is 6.61 Å². The number of nitrogens with two attached hydrogens (primary N) is 2. The molecule has 4 aromatic rings. The zero-order valence-corrected chi connectivity index (χ0v) is 20.6. The third-order valence-corrected chi connectivity index (χ3v) is 7.01. The van der Waals surface area contributed by atoms with Gasteiger partial charge in [0.15, 0.2) is 0 Å². The molecule has 0 spiro atoms. The van der Waals surface area contributed by atoms with Crippen LogP contribution in [-0.4, -0.2) is 5.84 Å². The molecule has 0 amide bonds. The molecule has 5 heteroatoms. The van der Waals surface area contributed by atoms with Crippen molar-refractivity contribution < 1.29 is 4.74 Å². The minimum absolute atomic E-state index is 0.0459. The molecule has 1 aromatic heterocycles. The molecule has 1 heterocycles. The maximum absolute atomic E-state index is 6.11. The number of nitrogens with zero attached hydrogens (tertiary/aromatic N) is 1. The molecule has 0 fully saturated rings. The largest absolute Gasteiger partial charge is 0.489 e. The van der Waals surface area contributed by atoms with Crippen molar-refractivity contribution in [2.24, 2.45) is 16.7 Å². The van der Waals surface area contributed by atoms with Gasteiger partial charge in [0.2, 0.25) is 0 Å². The molecule has 0 radical (unpaired) electrons. The Morgan fingerprint density at radius 2 is 1.82 bits per heavy atom. The summed E-state index contributed by atoms with van der Waals surface area (Å²) in [6, 6.07) is 23.2. The SMILES string of the molecule is CC#CC(C/C(N)=N/N)c1ccc(OCc2ccc3sc(C)c(-c4ccccc4C)c3c2)cc1. The highest BCUT2D eigenvalue weighted by atomic mass is 32.1. The molecular weight excluding hydrogens is 438 g/mol. The topological polar surface area (TPSA) is 73.6 Å². The lowest BCUT2D eigenvalue weighted by Crippen LogP contribution is -2.17. The number of amidine groups is 1. The van der Waals surface area contributed by atoms with E-state index in [4.69, 9.17) is 16.3 Å². The van der Waals surface area contributed by atoms with Crippen LogP contribution in [0.4, 0.5) is 0 Å². The van der Waals surface area contributed by atoms with Crippen molar-refractivity contribution >= 4 is 27.3 Å². The summed E-state index contributed by atoms with van der Waals surface area (Å²) >= 11 is 1.84. The second kappa shape index (κ2) is 10.5. The Morgan fingerprint density at radius 3 is 2.53 bits per heavy atom. The van der Waals surface area contributed by atoms with Gasteiger partial charge in [0.05, 0.1) is 5.92 Å². The van der Waals surface area contributed by atoms with E-state index in [1.165, 1.54) is 31.7 Å². The van der Waals surface area contributed by atoms with Crippen LogP contribution in [0.5, 0.6) is 5.75 Å². The van der Waals surface area contributed by atoms with E-state index >= 15 is 0 Å². The van der Waals surface area contributed by atoms with Crippen LogP contribution in [0.2, 0.25) is 0 Å². The molecule has 0 bridgehead atoms. The van der Waals surface area contributed by atoms with E-state index in [1.54, 1.807) is 0 Å². The molecule has 34 heavy (non-hydrogen) atoms. The summed E-state index contributed by atoms with van der Waals surface area (Å²) in [5, 5.41) is 4.86. The van der Waals surface area contributed by atoms with E-state index < -0.39 is 0 Å². The van der Waals surface area contributed by atoms with Crippen molar-refractivity contribution in [3.63, 3.8) is 0 Å². The molecule has 172 valence electrons. The van der Waals surface area contributed by atoms with Crippen LogP contribution in [0.15, 0.2) is 71.8 Å². The minimum Gasteiger partial charge on any atom is -0.489 e. The summed E-state index contributed by atoms with van der Waals surface area (Å²) in [4.78, 5) is 1.34. The first-order valence-corrected chi connectivity index (χ1v) is 12.1. The number of hydrazone groups is 1. The number of benzene rings is 3. The number of thiophene rings is 1. The van der Waals surface area contributed by atoms with Gasteiger partial charge < -0.3 is 16.3 Å². The van der Waals surface area contributed by atoms with Crippen LogP contribution in [0.3, 0.4) is 0 Å². The van der Waals surface area contributed by atoms with Crippen LogP contribution < -0.4 is 16.3 Å². The van der Waals surface area contributed by atoms with Gasteiger partial charge in [-0.2, -0.15) is 5.10 Å². The van der Waals surface area contributed by atoms with Gasteiger partial charge in [-0.1, -0.05) is 48.4 Å². The predicted molar refractivity (Wildman–Crippen MR) is 144 cm³/mol. The van der Waals surface area contributed by atoms with E-state index in [1.807, 2.05) is 42.5 Å². The second-order valence-corrected chi connectivity index (χ2v) is 9.56. The molecule has 4 N–H and O–H groups in total. The van der Waals surface area contributed by atoms with Gasteiger partial charge in [0.1, 0.15) is 18.2 Å². The zero-order valence-electron chi connectivity index (χ0n) is 19.8. The first kappa shape index (κ1) is 23.4. The average molecular weight is 468 g/mol. The number of ether oxygens (including phenoxy) is 1. The first-order chi connectivity index (χ1) is 16.5. The highest BCUT2D eigenvalue weighted by molar-refractivity contribution is 7.19. The Kier molecular flexibility index (Phi) is 7.20. The van der Waals surface area contributed by atoms with Gasteiger partial charge in [-0.15, -0.1) is 17.3 Å². The summed E-state index contributed by atoms with van der Waals surface area (Å²) in [5.41, 5.74) is 11.9. The summed E-state index contributed by atoms with van der Waals surface area (Å²) in [7, 11) is 0. The molecule has 0 aliphatic carbocycles. The molecule has 1 atom stereocenters. The van der Waals surface area contributed by atoms with Crippen LogP contribution >= 0.6 is 11.3 Å². The number of aryl methyl sites for hydroxylation is 2. The standard InChI is InChI=1S/C29H29N3OS/c1-4-7-23(17-28(30)32-31)22-11-13-24(14-12-22)33-18-21-10-15-27-26(16-21)29(20(3)34-27)25-9-6-5-8-19(25)2/h5-6,8-16,23H,17-18,31H2,1-3H3,(H2,30,32). The van der Waals surface area contributed by atoms with Crippen molar-refractivity contribution in [3.8, 4) is 28.7 Å². The van der Waals surface area contributed by atoms with Gasteiger partial charge in [0.25, 0.3) is 0 Å². The predicted octanol–water partition coefficient (Wildman–Crippen LogP) is 6.49. The lowest BCUT2D eigenvalue weighted by atomic mass is 9.95. The first-order valence-electron chi connectivity index (χ1n) is 11.3. The number of fused-ring (bicyclic) bond motifs is 1. The van der Waals surface area contributed by atoms with Gasteiger partial charge in [0, 0.05) is 26.9 Å². The average Bonchev–Trinajstić information content (AvgIpc) is 3.18. The fraction of sp³-hybridized carbons (Fsp3) is 0.207. The summed E-state index contributed by atoms with van der Waals surface area (Å²) < 4.78 is 7.41. The minimum atomic E-state index is -0.0459. The van der Waals surface area contributed by atoms with Gasteiger partial charge in [-0.05, 0) is 67.3 Å². The van der Waals surface area contributed by atoms with Crippen molar-refractivity contribution in [2.75, 3.05) is 0 Å². The van der Waals surface area contributed by atoms with E-state index in [2.05, 4.69) is 73.3 Å². The Hall–Kier alpha value is -3.75. The Bertz CT molecular complexity index is 1390. The van der Waals surface area contributed by atoms with E-state index in [0.29, 0.717) is 18.9 Å². The van der Waals surface area contributed by atoms with Crippen molar-refractivity contribution in [1.29, 1.82) is 0 Å². The lowest BCUT2D eigenvalue weighted by Gasteiger charge is -2.12. The Labute approximate surface area is 205 Å². The fourth-order valence-electron chi connectivity index (χ4n) is 4.20. The summed E-state index contributed by atoms with van der Waals surface area (Å²) in [6.07, 6.45) is 0.501. The van der Waals surface area contributed by atoms with Gasteiger partial charge >= 0.3 is 0 Å². The molecule has 4 rings (SSSR count). The zero-order chi connectivity index (χ0) is 24.1. The maximum atomic E-state index is 6.11. The van der Waals surface area contributed by atoms with Crippen molar-refractivity contribution in [3.05, 3.63) is 88.3 Å². The van der Waals surface area contributed by atoms with E-state index in [0.717, 1.165) is 16.9 Å². The lowest BCUT2D eigenvalue weighted by molar-refractivity contribution is 0.306. The molecule has 4 nitrogen and oxygen atoms in total. The summed E-state index contributed by atoms with van der Waals surface area (Å²) in [6.45, 7) is 6.69. The van der Waals surface area contributed by atoms with Gasteiger partial charge in [-0.25, -0.2) is 0 Å². The molecule has 0 aliphatic heterocycles. The fourth-order valence-corrected chi connectivity index (χ4v) is 5.26. The van der Waals surface area contributed by atoms with Gasteiger partial charge in [-0.3, -0.25) is 0 Å². The molecule has 1 unspecified atom stereocenters. The second-order valence-electron chi connectivity index (χ2n) is 8.31. The molecule has 0 aliphatic rings. The number of hydrogen-bond donors (Lipinski definition) is 2. The third-order valence-electron chi connectivity index (χ3n) is 5.93. The Balaban J connectivity index is 1.53. The molecule has 3 aromatic carbocycles. The molecule has 0 saturated carbocycles. The number of rotatable bonds is 7. The Morgan fingerprint density at radius 1 is 1.06 bits per heavy atom. The highest BCUT2D eigenvalue weighted by Gasteiger charge is 2.14. The van der Waals surface area contributed by atoms with E-state index in [-0.39, 0.29) is 5.92 Å². The molecular formula is C29H29N3OS. The van der Waals surface area contributed by atoms with Crippen molar-refractivity contribution in [2.45, 2.75) is 39.7 Å². The highest BCUT2D eigenvalue weighted by Crippen LogP contribution is 2.40. The van der Waals surface area contributed by atoms with E-state index in [9.17, 15) is 0 Å². The van der Waals surface area contributed by atoms with Crippen molar-refractivity contribution in [1.82, 2.24) is 0 Å². The summed E-state index contributed by atoms with van der Waals surface area (Å²) in [5.74, 6) is 12.6. The monoisotopic (exact) mass is 467 g/mol. The number of hydrogen-bond acceptors (Lipinski definition) is 4. The maximum Gasteiger partial charge on any atom is 0.120 e. The normalized spacial score (nSPS) is 12.3. The third kappa shape index (κ3) is 5.08. The molecule has 0 saturated heterocycles. The van der Waals surface area contributed by atoms with Crippen LogP contribution in [0, 0.1) is 25.7 Å². The smallest absolute Gasteiger partial charge is 0.120 e. The van der Waals surface area contributed by atoms with Crippen LogP contribution in [0.1, 0.15) is 40.8 Å². The quantitative estimate of drug-likeness (QED) is 0.107. The van der Waals surface area contributed by atoms with Crippen LogP contribution in [0.25, 0.3) is 21.2 Å².